The number of pyridine rings is 1. The SMILES string of the molecule is [2H]c1nc(Br)c([2H])c(N(C([2H])([2H])C([2H])([2H])[2H])C([2H])([2H])C([2H])([2H])[2H])c1[2H]. The monoisotopic (exact) mass is 241 g/mol. The van der Waals surface area contributed by atoms with Crippen LogP contribution in [0.1, 0.15) is 31.5 Å². The maximum Gasteiger partial charge on any atom is 0.108 e. The Balaban J connectivity index is 3.97. The molecule has 2 nitrogen and oxygen atoms in total. The molecule has 0 aromatic carbocycles. The lowest BCUT2D eigenvalue weighted by Crippen LogP contribution is -2.21. The summed E-state index contributed by atoms with van der Waals surface area (Å²) in [5.41, 5.74) is -1.01. The van der Waals surface area contributed by atoms with E-state index < -0.39 is 55.2 Å². The zero-order chi connectivity index (χ0) is 20.2. The normalized spacial score (nSPS) is 30.2. The molecule has 1 aromatic rings. The highest BCUT2D eigenvalue weighted by atomic mass is 79.9. The van der Waals surface area contributed by atoms with E-state index in [9.17, 15) is 0 Å². The van der Waals surface area contributed by atoms with Crippen molar-refractivity contribution in [1.29, 1.82) is 0 Å². The van der Waals surface area contributed by atoms with Gasteiger partial charge in [-0.15, -0.1) is 0 Å². The molecule has 0 aliphatic carbocycles. The number of rotatable bonds is 3. The van der Waals surface area contributed by atoms with E-state index in [1.165, 1.54) is 0 Å². The molecule has 0 aliphatic rings. The van der Waals surface area contributed by atoms with Crippen LogP contribution in [-0.2, 0) is 0 Å². The van der Waals surface area contributed by atoms with Crippen molar-refractivity contribution >= 4 is 21.6 Å². The second-order valence-corrected chi connectivity index (χ2v) is 2.42. The third kappa shape index (κ3) is 2.21. The van der Waals surface area contributed by atoms with E-state index in [4.69, 9.17) is 17.8 Å². The summed E-state index contributed by atoms with van der Waals surface area (Å²) in [6.07, 6.45) is -0.814. The highest BCUT2D eigenvalue weighted by molar-refractivity contribution is 9.10. The van der Waals surface area contributed by atoms with E-state index in [2.05, 4.69) is 20.9 Å². The first kappa shape index (κ1) is 2.08. The summed E-state index contributed by atoms with van der Waals surface area (Å²) in [6, 6.07) is -1.79. The van der Waals surface area contributed by atoms with E-state index in [1.807, 2.05) is 0 Å². The van der Waals surface area contributed by atoms with Gasteiger partial charge in [-0.2, -0.15) is 0 Å². The molecule has 12 heavy (non-hydrogen) atoms. The first-order valence-electron chi connectivity index (χ1n) is 9.31. The molecule has 66 valence electrons. The molecule has 0 atom stereocenters. The Morgan fingerprint density at radius 2 is 2.50 bits per heavy atom. The van der Waals surface area contributed by atoms with Crippen LogP contribution in [0, 0.1) is 0 Å². The summed E-state index contributed by atoms with van der Waals surface area (Å²) < 4.78 is 98.0. The molecule has 0 N–H and O–H groups in total. The number of anilines is 1. The molecule has 0 saturated carbocycles. The summed E-state index contributed by atoms with van der Waals surface area (Å²) in [4.78, 5) is 3.18. The van der Waals surface area contributed by atoms with E-state index in [0.717, 1.165) is 0 Å². The van der Waals surface area contributed by atoms with Crippen molar-refractivity contribution in [3.05, 3.63) is 22.9 Å². The van der Waals surface area contributed by atoms with Gasteiger partial charge in [0.1, 0.15) is 4.60 Å². The van der Waals surface area contributed by atoms with Crippen molar-refractivity contribution in [1.82, 2.24) is 4.98 Å². The Labute approximate surface area is 100 Å². The van der Waals surface area contributed by atoms with Crippen molar-refractivity contribution in [3.63, 3.8) is 0 Å². The molecule has 0 spiro atoms. The molecule has 0 unspecified atom stereocenters. The average Bonchev–Trinajstić information content (AvgIpc) is 2.38. The van der Waals surface area contributed by atoms with Gasteiger partial charge in [0, 0.05) is 38.6 Å². The number of hydrogen-bond donors (Lipinski definition) is 0. The largest absolute Gasteiger partial charge is 0.372 e. The highest BCUT2D eigenvalue weighted by Gasteiger charge is 2.00. The van der Waals surface area contributed by atoms with E-state index in [1.54, 1.807) is 0 Å². The van der Waals surface area contributed by atoms with Crippen molar-refractivity contribution < 1.29 is 17.8 Å². The molecule has 1 rings (SSSR count). The van der Waals surface area contributed by atoms with Crippen LogP contribution >= 0.6 is 15.9 Å². The summed E-state index contributed by atoms with van der Waals surface area (Å²) in [5.74, 6) is 0. The molecular weight excluding hydrogens is 216 g/mol. The van der Waals surface area contributed by atoms with Crippen LogP contribution in [0.25, 0.3) is 0 Å². The fourth-order valence-electron chi connectivity index (χ4n) is 0.538. The molecule has 0 aliphatic heterocycles. The van der Waals surface area contributed by atoms with E-state index in [-0.39, 0.29) is 4.90 Å². The summed E-state index contributed by atoms with van der Waals surface area (Å²) >= 11 is 2.78. The maximum atomic E-state index is 7.88. The molecule has 0 fully saturated rings. The van der Waals surface area contributed by atoms with Crippen molar-refractivity contribution in [2.24, 2.45) is 0 Å². The third-order valence-electron chi connectivity index (χ3n) is 0.997. The van der Waals surface area contributed by atoms with Crippen LogP contribution in [0.3, 0.4) is 0 Å². The maximum absolute atomic E-state index is 7.88. The van der Waals surface area contributed by atoms with Gasteiger partial charge in [-0.05, 0) is 41.7 Å². The summed E-state index contributed by atoms with van der Waals surface area (Å²) in [5, 5.41) is 0. The second kappa shape index (κ2) is 4.45. The van der Waals surface area contributed by atoms with Gasteiger partial charge in [0.25, 0.3) is 0 Å². The highest BCUT2D eigenvalue weighted by Crippen LogP contribution is 2.16. The topological polar surface area (TPSA) is 16.1 Å². The van der Waals surface area contributed by atoms with Gasteiger partial charge >= 0.3 is 0 Å². The van der Waals surface area contributed by atoms with Gasteiger partial charge in [0.05, 0.1) is 4.11 Å². The Bertz CT molecular complexity index is 613. The Kier molecular flexibility index (Phi) is 0.773. The van der Waals surface area contributed by atoms with E-state index >= 15 is 0 Å². The lowest BCUT2D eigenvalue weighted by atomic mass is 10.3. The fraction of sp³-hybridized carbons (Fsp3) is 0.444. The minimum absolute atomic E-state index is 0.283. The lowest BCUT2D eigenvalue weighted by Gasteiger charge is -2.20. The van der Waals surface area contributed by atoms with Crippen LogP contribution in [0.2, 0.25) is 0 Å². The van der Waals surface area contributed by atoms with Gasteiger partial charge in [0.2, 0.25) is 0 Å². The first-order valence-corrected chi connectivity index (χ1v) is 3.60. The quantitative estimate of drug-likeness (QED) is 0.757. The predicted octanol–water partition coefficient (Wildman–Crippen LogP) is 2.69. The van der Waals surface area contributed by atoms with Crippen LogP contribution in [0.15, 0.2) is 22.9 Å². The summed E-state index contributed by atoms with van der Waals surface area (Å²) in [7, 11) is 0. The van der Waals surface area contributed by atoms with Crippen molar-refractivity contribution in [2.75, 3.05) is 17.9 Å². The van der Waals surface area contributed by atoms with Gasteiger partial charge in [-0.1, -0.05) is 0 Å². The molecule has 3 heteroatoms. The minimum atomic E-state index is -3.61. The van der Waals surface area contributed by atoms with Crippen LogP contribution < -0.4 is 4.90 Å². The molecule has 0 radical (unpaired) electrons. The number of halogens is 1. The zero-order valence-electron chi connectivity index (χ0n) is 18.8. The molecule has 0 saturated heterocycles. The summed E-state index contributed by atoms with van der Waals surface area (Å²) in [6.45, 7) is -14.3. The molecule has 0 bridgehead atoms. The van der Waals surface area contributed by atoms with Crippen molar-refractivity contribution in [2.45, 2.75) is 13.7 Å². The zero-order valence-corrected chi connectivity index (χ0v) is 7.36. The van der Waals surface area contributed by atoms with E-state index in [0.29, 0.717) is 0 Å². The average molecular weight is 242 g/mol. The number of nitrogens with zero attached hydrogens (tertiary/aromatic N) is 2. The van der Waals surface area contributed by atoms with Crippen LogP contribution in [-0.4, -0.2) is 18.0 Å². The Morgan fingerprint density at radius 1 is 1.75 bits per heavy atom. The third-order valence-corrected chi connectivity index (χ3v) is 1.37. The second-order valence-electron chi connectivity index (χ2n) is 1.67. The van der Waals surface area contributed by atoms with Crippen LogP contribution in [0.4, 0.5) is 5.69 Å². The fourth-order valence-corrected chi connectivity index (χ4v) is 0.815. The van der Waals surface area contributed by atoms with Gasteiger partial charge in [-0.3, -0.25) is 0 Å². The minimum Gasteiger partial charge on any atom is -0.372 e. The number of aromatic nitrogens is 1. The Hall–Kier alpha value is -0.570. The lowest BCUT2D eigenvalue weighted by molar-refractivity contribution is 0.864. The standard InChI is InChI=1S/C9H13BrN2/c1-3-12(4-2)8-5-6-11-9(10)7-8/h5-7H,3-4H2,1-2H3/i1D3,2D3,3D2,4D2,5D,6D,7D. The smallest absolute Gasteiger partial charge is 0.108 e. The number of hydrogen-bond acceptors (Lipinski definition) is 2. The molecule has 0 amide bonds. The first-order chi connectivity index (χ1) is 10.9. The molecule has 1 aromatic heterocycles. The van der Waals surface area contributed by atoms with Gasteiger partial charge in [0.15, 0.2) is 0 Å². The van der Waals surface area contributed by atoms with Crippen LogP contribution in [0.5, 0.6) is 0 Å². The predicted molar refractivity (Wildman–Crippen MR) is 55.5 cm³/mol. The van der Waals surface area contributed by atoms with Gasteiger partial charge in [-0.25, -0.2) is 4.98 Å². The molecule has 1 heterocycles. The Morgan fingerprint density at radius 3 is 3.17 bits per heavy atom. The van der Waals surface area contributed by atoms with Gasteiger partial charge < -0.3 is 4.90 Å². The molecular formula is C9H13BrN2. The van der Waals surface area contributed by atoms with Crippen molar-refractivity contribution in [3.8, 4) is 0 Å².